The molecule has 1 aromatic carbocycles. The van der Waals surface area contributed by atoms with Crippen molar-refractivity contribution in [2.24, 2.45) is 5.41 Å². The van der Waals surface area contributed by atoms with E-state index in [1.807, 2.05) is 0 Å². The zero-order valence-electron chi connectivity index (χ0n) is 19.3. The molecule has 3 heterocycles. The van der Waals surface area contributed by atoms with Crippen LogP contribution in [0.3, 0.4) is 0 Å². The molecule has 10 nitrogen and oxygen atoms in total. The molecule has 1 aliphatic rings. The van der Waals surface area contributed by atoms with Crippen molar-refractivity contribution in [2.75, 3.05) is 38.2 Å². The highest BCUT2D eigenvalue weighted by atomic mass is 19.1. The van der Waals surface area contributed by atoms with Crippen LogP contribution in [0.1, 0.15) is 19.0 Å². The summed E-state index contributed by atoms with van der Waals surface area (Å²) in [6, 6.07) is 7.65. The molecule has 3 aromatic rings. The smallest absolute Gasteiger partial charge is 0.230 e. The Morgan fingerprint density at radius 3 is 2.71 bits per heavy atom. The fourth-order valence-corrected chi connectivity index (χ4v) is 3.53. The van der Waals surface area contributed by atoms with Gasteiger partial charge in [0.15, 0.2) is 5.82 Å². The Kier molecular flexibility index (Phi) is 7.49. The van der Waals surface area contributed by atoms with E-state index in [0.29, 0.717) is 47.5 Å². The van der Waals surface area contributed by atoms with Crippen LogP contribution in [-0.2, 0) is 14.3 Å². The SMILES string of the molecule is C=CCNC(=O)C1(C)COC(c2nc(-c3ccc(F)cc3)c(-c3ccnc(NCCO)n3)[nH]2)OC1. The maximum Gasteiger partial charge on any atom is 0.230 e. The molecular formula is C24H27FN6O4. The molecule has 1 fully saturated rings. The molecule has 11 heteroatoms. The minimum Gasteiger partial charge on any atom is -0.395 e. The fourth-order valence-electron chi connectivity index (χ4n) is 3.53. The average molecular weight is 483 g/mol. The lowest BCUT2D eigenvalue weighted by Crippen LogP contribution is -2.48. The number of nitrogens with one attached hydrogen (secondary N) is 3. The molecular weight excluding hydrogens is 455 g/mol. The summed E-state index contributed by atoms with van der Waals surface area (Å²) in [5, 5.41) is 14.8. The number of anilines is 1. The zero-order chi connectivity index (χ0) is 24.8. The van der Waals surface area contributed by atoms with Crippen molar-refractivity contribution < 1.29 is 23.8 Å². The van der Waals surface area contributed by atoms with Gasteiger partial charge in [0, 0.05) is 24.8 Å². The molecule has 0 saturated carbocycles. The lowest BCUT2D eigenvalue weighted by Gasteiger charge is -2.35. The summed E-state index contributed by atoms with van der Waals surface area (Å²) in [4.78, 5) is 29.0. The number of aromatic amines is 1. The first kappa shape index (κ1) is 24.5. The van der Waals surface area contributed by atoms with Crippen LogP contribution in [0.15, 0.2) is 49.2 Å². The highest BCUT2D eigenvalue weighted by Gasteiger charge is 2.40. The predicted molar refractivity (Wildman–Crippen MR) is 127 cm³/mol. The Bertz CT molecular complexity index is 1180. The summed E-state index contributed by atoms with van der Waals surface area (Å²) in [5.74, 6) is 0.170. The van der Waals surface area contributed by atoms with Gasteiger partial charge in [-0.3, -0.25) is 4.79 Å². The second-order valence-corrected chi connectivity index (χ2v) is 8.28. The number of ether oxygens (including phenoxy) is 2. The van der Waals surface area contributed by atoms with Crippen LogP contribution >= 0.6 is 0 Å². The van der Waals surface area contributed by atoms with Gasteiger partial charge < -0.3 is 30.2 Å². The Morgan fingerprint density at radius 2 is 2.03 bits per heavy atom. The van der Waals surface area contributed by atoms with Gasteiger partial charge in [-0.05, 0) is 37.3 Å². The molecule has 0 unspecified atom stereocenters. The van der Waals surface area contributed by atoms with Gasteiger partial charge in [-0.15, -0.1) is 6.58 Å². The van der Waals surface area contributed by atoms with Gasteiger partial charge >= 0.3 is 0 Å². The first-order chi connectivity index (χ1) is 16.9. The van der Waals surface area contributed by atoms with E-state index in [1.165, 1.54) is 12.1 Å². The number of amides is 1. The second-order valence-electron chi connectivity index (χ2n) is 8.28. The number of carbonyl (C=O) groups excluding carboxylic acids is 1. The summed E-state index contributed by atoms with van der Waals surface area (Å²) < 4.78 is 25.3. The van der Waals surface area contributed by atoms with Crippen LogP contribution in [0.5, 0.6) is 0 Å². The first-order valence-corrected chi connectivity index (χ1v) is 11.1. The molecule has 1 saturated heterocycles. The molecule has 1 aliphatic heterocycles. The van der Waals surface area contributed by atoms with Crippen molar-refractivity contribution in [1.29, 1.82) is 0 Å². The summed E-state index contributed by atoms with van der Waals surface area (Å²) in [5.41, 5.74) is 1.43. The van der Waals surface area contributed by atoms with Gasteiger partial charge in [0.25, 0.3) is 0 Å². The number of aliphatic hydroxyl groups excluding tert-OH is 1. The first-order valence-electron chi connectivity index (χ1n) is 11.1. The highest BCUT2D eigenvalue weighted by Crippen LogP contribution is 2.35. The predicted octanol–water partition coefficient (Wildman–Crippen LogP) is 2.43. The van der Waals surface area contributed by atoms with E-state index in [2.05, 4.69) is 37.1 Å². The van der Waals surface area contributed by atoms with E-state index in [0.717, 1.165) is 0 Å². The number of imidazole rings is 1. The van der Waals surface area contributed by atoms with E-state index in [-0.39, 0.29) is 31.5 Å². The Hall–Kier alpha value is -3.67. The molecule has 184 valence electrons. The summed E-state index contributed by atoms with van der Waals surface area (Å²) in [7, 11) is 0. The van der Waals surface area contributed by atoms with E-state index in [9.17, 15) is 9.18 Å². The van der Waals surface area contributed by atoms with E-state index in [1.54, 1.807) is 37.4 Å². The third-order valence-corrected chi connectivity index (χ3v) is 5.43. The van der Waals surface area contributed by atoms with Crippen LogP contribution in [0, 0.1) is 11.2 Å². The molecule has 2 aromatic heterocycles. The maximum atomic E-state index is 13.6. The number of hydrogen-bond donors (Lipinski definition) is 4. The summed E-state index contributed by atoms with van der Waals surface area (Å²) in [6.45, 7) is 6.22. The number of aliphatic hydroxyl groups is 1. The minimum absolute atomic E-state index is 0.0660. The van der Waals surface area contributed by atoms with E-state index >= 15 is 0 Å². The Balaban J connectivity index is 1.63. The quantitative estimate of drug-likeness (QED) is 0.342. The number of hydrogen-bond acceptors (Lipinski definition) is 8. The topological polar surface area (TPSA) is 134 Å². The van der Waals surface area contributed by atoms with Crippen LogP contribution < -0.4 is 10.6 Å². The van der Waals surface area contributed by atoms with Gasteiger partial charge in [0.2, 0.25) is 18.1 Å². The fraction of sp³-hybridized carbons (Fsp3) is 0.333. The third-order valence-electron chi connectivity index (χ3n) is 5.43. The average Bonchev–Trinajstić information content (AvgIpc) is 3.32. The lowest BCUT2D eigenvalue weighted by atomic mass is 9.91. The summed E-state index contributed by atoms with van der Waals surface area (Å²) in [6.07, 6.45) is 2.35. The van der Waals surface area contributed by atoms with E-state index < -0.39 is 11.7 Å². The minimum atomic E-state index is -0.853. The van der Waals surface area contributed by atoms with Crippen molar-refractivity contribution in [2.45, 2.75) is 13.2 Å². The number of carbonyl (C=O) groups is 1. The molecule has 0 aliphatic carbocycles. The molecule has 1 amide bonds. The molecule has 0 atom stereocenters. The van der Waals surface area contributed by atoms with Gasteiger partial charge in [-0.25, -0.2) is 19.3 Å². The Morgan fingerprint density at radius 1 is 1.29 bits per heavy atom. The second kappa shape index (κ2) is 10.7. The number of benzene rings is 1. The third kappa shape index (κ3) is 5.53. The zero-order valence-corrected chi connectivity index (χ0v) is 19.3. The highest BCUT2D eigenvalue weighted by molar-refractivity contribution is 5.82. The monoisotopic (exact) mass is 482 g/mol. The number of rotatable bonds is 9. The molecule has 0 radical (unpaired) electrons. The molecule has 4 N–H and O–H groups in total. The van der Waals surface area contributed by atoms with Crippen LogP contribution in [0.2, 0.25) is 0 Å². The van der Waals surface area contributed by atoms with Crippen molar-refractivity contribution in [3.05, 3.63) is 60.8 Å². The molecule has 35 heavy (non-hydrogen) atoms. The van der Waals surface area contributed by atoms with Crippen molar-refractivity contribution in [3.63, 3.8) is 0 Å². The number of aromatic nitrogens is 4. The van der Waals surface area contributed by atoms with Gasteiger partial charge in [-0.2, -0.15) is 0 Å². The molecule has 0 spiro atoms. The standard InChI is InChI=1S/C24H27FN6O4/c1-3-9-26-22(33)24(2)13-34-21(35-14-24)20-30-18(15-4-6-16(25)7-5-15)19(31-20)17-8-10-27-23(29-17)28-11-12-32/h3-8,10,21,32H,1,9,11-14H2,2H3,(H,26,33)(H,30,31)(H,27,28,29). The van der Waals surface area contributed by atoms with Gasteiger partial charge in [0.1, 0.15) is 5.82 Å². The normalized spacial score (nSPS) is 19.8. The summed E-state index contributed by atoms with van der Waals surface area (Å²) >= 11 is 0. The maximum absolute atomic E-state index is 13.6. The van der Waals surface area contributed by atoms with Crippen molar-refractivity contribution in [1.82, 2.24) is 25.3 Å². The van der Waals surface area contributed by atoms with Gasteiger partial charge in [0.05, 0.1) is 42.3 Å². The number of H-pyrrole nitrogens is 1. The number of nitrogens with zero attached hydrogens (tertiary/aromatic N) is 3. The van der Waals surface area contributed by atoms with Crippen molar-refractivity contribution in [3.8, 4) is 22.6 Å². The lowest BCUT2D eigenvalue weighted by molar-refractivity contribution is -0.230. The van der Waals surface area contributed by atoms with Crippen LogP contribution in [-0.4, -0.2) is 63.9 Å². The number of halogens is 1. The largest absolute Gasteiger partial charge is 0.395 e. The van der Waals surface area contributed by atoms with Crippen LogP contribution in [0.4, 0.5) is 10.3 Å². The Labute approximate surface area is 201 Å². The van der Waals surface area contributed by atoms with Crippen LogP contribution in [0.25, 0.3) is 22.6 Å². The van der Waals surface area contributed by atoms with Gasteiger partial charge in [-0.1, -0.05) is 6.08 Å². The molecule has 0 bridgehead atoms. The van der Waals surface area contributed by atoms with Crippen molar-refractivity contribution >= 4 is 11.9 Å². The molecule has 4 rings (SSSR count). The van der Waals surface area contributed by atoms with E-state index in [4.69, 9.17) is 14.6 Å².